The molecular formula is C10H9F4NO2. The van der Waals surface area contributed by atoms with E-state index in [1.54, 1.807) is 0 Å². The lowest BCUT2D eigenvalue weighted by atomic mass is 10.1. The van der Waals surface area contributed by atoms with E-state index in [4.69, 9.17) is 0 Å². The van der Waals surface area contributed by atoms with Gasteiger partial charge in [0.15, 0.2) is 0 Å². The topological polar surface area (TPSA) is 39.2 Å². The number of alkyl halides is 2. The van der Waals surface area contributed by atoms with Crippen LogP contribution in [0.15, 0.2) is 6.07 Å². The van der Waals surface area contributed by atoms with Crippen molar-refractivity contribution in [3.05, 3.63) is 29.1 Å². The summed E-state index contributed by atoms with van der Waals surface area (Å²) in [4.78, 5) is 13.8. The zero-order valence-electron chi connectivity index (χ0n) is 8.84. The van der Waals surface area contributed by atoms with Crippen molar-refractivity contribution in [2.24, 2.45) is 0 Å². The molecule has 0 spiro atoms. The van der Waals surface area contributed by atoms with E-state index in [1.165, 1.54) is 6.92 Å². The predicted molar refractivity (Wildman–Crippen MR) is 49.4 cm³/mol. The lowest BCUT2D eigenvalue weighted by Gasteiger charge is -2.09. The molecule has 0 fully saturated rings. The first-order chi connectivity index (χ1) is 7.95. The molecule has 1 aromatic heterocycles. The predicted octanol–water partition coefficient (Wildman–Crippen LogP) is 2.40. The van der Waals surface area contributed by atoms with Crippen LogP contribution in [0.4, 0.5) is 17.6 Å². The first kappa shape index (κ1) is 13.4. The van der Waals surface area contributed by atoms with Gasteiger partial charge in [0.1, 0.15) is 0 Å². The largest absolute Gasteiger partial charge is 0.466 e. The van der Waals surface area contributed by atoms with Crippen LogP contribution in [-0.2, 0) is 16.0 Å². The quantitative estimate of drug-likeness (QED) is 0.468. The molecule has 0 saturated heterocycles. The van der Waals surface area contributed by atoms with Crippen LogP contribution in [0.3, 0.4) is 0 Å². The van der Waals surface area contributed by atoms with Gasteiger partial charge >= 0.3 is 5.97 Å². The Bertz CT molecular complexity index is 423. The van der Waals surface area contributed by atoms with Crippen molar-refractivity contribution < 1.29 is 27.1 Å². The van der Waals surface area contributed by atoms with Crippen LogP contribution >= 0.6 is 0 Å². The molecule has 0 saturated carbocycles. The summed E-state index contributed by atoms with van der Waals surface area (Å²) in [5, 5.41) is 0. The van der Waals surface area contributed by atoms with Gasteiger partial charge < -0.3 is 4.74 Å². The van der Waals surface area contributed by atoms with E-state index in [0.717, 1.165) is 0 Å². The van der Waals surface area contributed by atoms with Crippen molar-refractivity contribution in [1.82, 2.24) is 4.98 Å². The summed E-state index contributed by atoms with van der Waals surface area (Å²) in [6, 6.07) is 0.405. The Morgan fingerprint density at radius 1 is 1.47 bits per heavy atom. The van der Waals surface area contributed by atoms with E-state index < -0.39 is 41.8 Å². The Morgan fingerprint density at radius 3 is 2.65 bits per heavy atom. The van der Waals surface area contributed by atoms with Crippen LogP contribution < -0.4 is 0 Å². The number of pyridine rings is 1. The van der Waals surface area contributed by atoms with Crippen LogP contribution in [0, 0.1) is 11.9 Å². The normalized spacial score (nSPS) is 10.7. The summed E-state index contributed by atoms with van der Waals surface area (Å²) in [6.07, 6.45) is -3.79. The maximum atomic E-state index is 13.2. The summed E-state index contributed by atoms with van der Waals surface area (Å²) in [6.45, 7) is 1.56. The van der Waals surface area contributed by atoms with Crippen LogP contribution in [0.25, 0.3) is 0 Å². The smallest absolute Gasteiger partial charge is 0.310 e. The standard InChI is InChI=1S/C10H9F4NO2/c1-2-17-8(16)4-6-5(9(12)13)3-7(11)15-10(6)14/h3,9H,2,4H2,1H3. The maximum Gasteiger partial charge on any atom is 0.310 e. The number of rotatable bonds is 4. The van der Waals surface area contributed by atoms with Crippen molar-refractivity contribution in [1.29, 1.82) is 0 Å². The molecule has 1 heterocycles. The highest BCUT2D eigenvalue weighted by atomic mass is 19.3. The molecule has 94 valence electrons. The fourth-order valence-electron chi connectivity index (χ4n) is 1.25. The van der Waals surface area contributed by atoms with Gasteiger partial charge in [-0.2, -0.15) is 13.8 Å². The van der Waals surface area contributed by atoms with Gasteiger partial charge in [0.25, 0.3) is 6.43 Å². The van der Waals surface area contributed by atoms with Crippen LogP contribution in [-0.4, -0.2) is 17.6 Å². The van der Waals surface area contributed by atoms with Gasteiger partial charge in [0.05, 0.1) is 13.0 Å². The number of aromatic nitrogens is 1. The van der Waals surface area contributed by atoms with Gasteiger partial charge in [0.2, 0.25) is 11.9 Å². The van der Waals surface area contributed by atoms with Gasteiger partial charge in [-0.1, -0.05) is 0 Å². The minimum atomic E-state index is -3.09. The molecule has 17 heavy (non-hydrogen) atoms. The molecule has 0 unspecified atom stereocenters. The summed E-state index contributed by atoms with van der Waals surface area (Å²) in [5.41, 5.74) is -1.53. The number of esters is 1. The summed E-state index contributed by atoms with van der Waals surface area (Å²) >= 11 is 0. The number of hydrogen-bond donors (Lipinski definition) is 0. The van der Waals surface area contributed by atoms with E-state index in [2.05, 4.69) is 9.72 Å². The monoisotopic (exact) mass is 251 g/mol. The lowest BCUT2D eigenvalue weighted by Crippen LogP contribution is -2.13. The van der Waals surface area contributed by atoms with E-state index in [1.807, 2.05) is 0 Å². The van der Waals surface area contributed by atoms with Gasteiger partial charge in [-0.3, -0.25) is 4.79 Å². The van der Waals surface area contributed by atoms with Gasteiger partial charge in [0, 0.05) is 17.2 Å². The molecule has 0 N–H and O–H groups in total. The highest BCUT2D eigenvalue weighted by molar-refractivity contribution is 5.73. The van der Waals surface area contributed by atoms with Crippen LogP contribution in [0.2, 0.25) is 0 Å². The molecule has 1 aromatic rings. The molecule has 1 rings (SSSR count). The number of ether oxygens (including phenoxy) is 1. The molecule has 0 aliphatic rings. The number of nitrogens with zero attached hydrogens (tertiary/aromatic N) is 1. The van der Waals surface area contributed by atoms with E-state index >= 15 is 0 Å². The van der Waals surface area contributed by atoms with Crippen molar-refractivity contribution in [3.63, 3.8) is 0 Å². The van der Waals surface area contributed by atoms with E-state index in [0.29, 0.717) is 6.07 Å². The van der Waals surface area contributed by atoms with Crippen LogP contribution in [0.1, 0.15) is 24.5 Å². The SMILES string of the molecule is CCOC(=O)Cc1c(C(F)F)cc(F)nc1F. The highest BCUT2D eigenvalue weighted by Gasteiger charge is 2.22. The van der Waals surface area contributed by atoms with E-state index in [-0.39, 0.29) is 6.61 Å². The summed E-state index contributed by atoms with van der Waals surface area (Å²) < 4.78 is 55.3. The lowest BCUT2D eigenvalue weighted by molar-refractivity contribution is -0.142. The third-order valence-electron chi connectivity index (χ3n) is 1.94. The molecular weight excluding hydrogens is 242 g/mol. The molecule has 7 heteroatoms. The second-order valence-corrected chi connectivity index (χ2v) is 3.09. The first-order valence-corrected chi connectivity index (χ1v) is 4.74. The van der Waals surface area contributed by atoms with Crippen molar-refractivity contribution in [2.75, 3.05) is 6.61 Å². The Labute approximate surface area is 94.4 Å². The summed E-state index contributed by atoms with van der Waals surface area (Å²) in [7, 11) is 0. The minimum Gasteiger partial charge on any atom is -0.466 e. The Hall–Kier alpha value is -1.66. The molecule has 0 aromatic carbocycles. The van der Waals surface area contributed by atoms with Gasteiger partial charge in [-0.05, 0) is 6.92 Å². The Balaban J connectivity index is 3.08. The second kappa shape index (κ2) is 5.60. The van der Waals surface area contributed by atoms with Crippen molar-refractivity contribution in [3.8, 4) is 0 Å². The molecule has 0 amide bonds. The van der Waals surface area contributed by atoms with Gasteiger partial charge in [-0.15, -0.1) is 0 Å². The average Bonchev–Trinajstić information content (AvgIpc) is 2.21. The zero-order chi connectivity index (χ0) is 13.0. The van der Waals surface area contributed by atoms with Gasteiger partial charge in [-0.25, -0.2) is 8.78 Å². The fraction of sp³-hybridized carbons (Fsp3) is 0.400. The average molecular weight is 251 g/mol. The molecule has 0 bridgehead atoms. The zero-order valence-corrected chi connectivity index (χ0v) is 8.84. The third kappa shape index (κ3) is 3.40. The number of carbonyl (C=O) groups is 1. The minimum absolute atomic E-state index is 0.0408. The number of hydrogen-bond acceptors (Lipinski definition) is 3. The number of halogens is 4. The molecule has 0 aliphatic heterocycles. The Kier molecular flexibility index (Phi) is 4.42. The molecule has 3 nitrogen and oxygen atoms in total. The Morgan fingerprint density at radius 2 is 2.12 bits per heavy atom. The number of carbonyl (C=O) groups excluding carboxylic acids is 1. The van der Waals surface area contributed by atoms with Crippen molar-refractivity contribution >= 4 is 5.97 Å². The third-order valence-corrected chi connectivity index (χ3v) is 1.94. The maximum absolute atomic E-state index is 13.2. The highest BCUT2D eigenvalue weighted by Crippen LogP contribution is 2.25. The first-order valence-electron chi connectivity index (χ1n) is 4.74. The van der Waals surface area contributed by atoms with E-state index in [9.17, 15) is 22.4 Å². The van der Waals surface area contributed by atoms with Crippen molar-refractivity contribution in [2.45, 2.75) is 19.8 Å². The fourth-order valence-corrected chi connectivity index (χ4v) is 1.25. The molecule has 0 aliphatic carbocycles. The van der Waals surface area contributed by atoms with Crippen LogP contribution in [0.5, 0.6) is 0 Å². The molecule has 0 atom stereocenters. The second-order valence-electron chi connectivity index (χ2n) is 3.09. The summed E-state index contributed by atoms with van der Waals surface area (Å²) in [5.74, 6) is -3.65. The molecule has 0 radical (unpaired) electrons.